The first-order chi connectivity index (χ1) is 14.7. The van der Waals surface area contributed by atoms with Crippen LogP contribution in [0.2, 0.25) is 0 Å². The highest BCUT2D eigenvalue weighted by atomic mass is 16.5. The summed E-state index contributed by atoms with van der Waals surface area (Å²) in [4.78, 5) is 8.89. The highest BCUT2D eigenvalue weighted by molar-refractivity contribution is 5.90. The first-order valence-electron chi connectivity index (χ1n) is 10.1. The molecule has 150 valence electrons. The third kappa shape index (κ3) is 3.52. The van der Waals surface area contributed by atoms with Crippen LogP contribution in [0.1, 0.15) is 24.8 Å². The Hall–Kier alpha value is -3.67. The van der Waals surface area contributed by atoms with E-state index in [1.54, 1.807) is 13.3 Å². The highest BCUT2D eigenvalue weighted by Gasteiger charge is 2.17. The van der Waals surface area contributed by atoms with Gasteiger partial charge in [0, 0.05) is 53.9 Å². The van der Waals surface area contributed by atoms with Crippen molar-refractivity contribution in [2.45, 2.75) is 19.3 Å². The van der Waals surface area contributed by atoms with E-state index in [1.165, 1.54) is 12.0 Å². The van der Waals surface area contributed by atoms with E-state index in [0.717, 1.165) is 51.8 Å². The van der Waals surface area contributed by atoms with Crippen LogP contribution >= 0.6 is 0 Å². The highest BCUT2D eigenvalue weighted by Crippen LogP contribution is 2.35. The van der Waals surface area contributed by atoms with Gasteiger partial charge in [-0.2, -0.15) is 5.10 Å². The van der Waals surface area contributed by atoms with Gasteiger partial charge in [0.05, 0.1) is 13.3 Å². The standard InChI is InChI=1S/C24H23N5O/c1-29-15-21(14-27-29)17-6-7-19-13-26-22(11-20(19)10-17)28-24(16-4-3-5-16)18-8-9-25-23(12-18)30-2/h6-15H,3-5H2,1-2H3,(H,26,28). The van der Waals surface area contributed by atoms with Crippen LogP contribution in [-0.4, -0.2) is 26.9 Å². The molecule has 1 aliphatic rings. The molecular weight excluding hydrogens is 374 g/mol. The van der Waals surface area contributed by atoms with E-state index in [-0.39, 0.29) is 0 Å². The minimum Gasteiger partial charge on any atom is -0.481 e. The Morgan fingerprint density at radius 2 is 1.90 bits per heavy atom. The number of anilines is 1. The Balaban J connectivity index is 1.51. The van der Waals surface area contributed by atoms with Gasteiger partial charge >= 0.3 is 0 Å². The fraction of sp³-hybridized carbons (Fsp3) is 0.208. The number of methoxy groups -OCH3 is 1. The average molecular weight is 397 g/mol. The van der Waals surface area contributed by atoms with E-state index in [4.69, 9.17) is 4.74 Å². The Labute approximate surface area is 175 Å². The Morgan fingerprint density at radius 3 is 2.63 bits per heavy atom. The van der Waals surface area contributed by atoms with Crippen molar-refractivity contribution < 1.29 is 4.74 Å². The molecule has 1 aromatic carbocycles. The van der Waals surface area contributed by atoms with Gasteiger partial charge in [-0.25, -0.2) is 9.97 Å². The van der Waals surface area contributed by atoms with Crippen molar-refractivity contribution in [1.29, 1.82) is 0 Å². The van der Waals surface area contributed by atoms with Gasteiger partial charge < -0.3 is 10.1 Å². The second-order valence-corrected chi connectivity index (χ2v) is 7.58. The third-order valence-corrected chi connectivity index (χ3v) is 5.56. The lowest BCUT2D eigenvalue weighted by Crippen LogP contribution is -2.09. The van der Waals surface area contributed by atoms with Crippen molar-refractivity contribution in [3.63, 3.8) is 0 Å². The van der Waals surface area contributed by atoms with Crippen LogP contribution in [-0.2, 0) is 7.05 Å². The zero-order valence-electron chi connectivity index (χ0n) is 17.1. The van der Waals surface area contributed by atoms with Crippen LogP contribution in [0.5, 0.6) is 5.88 Å². The number of hydrogen-bond acceptors (Lipinski definition) is 5. The van der Waals surface area contributed by atoms with E-state index in [1.807, 2.05) is 42.5 Å². The van der Waals surface area contributed by atoms with E-state index < -0.39 is 0 Å². The van der Waals surface area contributed by atoms with Gasteiger partial charge in [-0.3, -0.25) is 4.68 Å². The van der Waals surface area contributed by atoms with Gasteiger partial charge in [0.1, 0.15) is 5.82 Å². The molecule has 0 spiro atoms. The minimum absolute atomic E-state index is 0.610. The molecule has 0 amide bonds. The van der Waals surface area contributed by atoms with Gasteiger partial charge in [-0.15, -0.1) is 0 Å². The maximum atomic E-state index is 5.32. The number of hydrogen-bond donors (Lipinski definition) is 1. The van der Waals surface area contributed by atoms with Gasteiger partial charge in [0.25, 0.3) is 0 Å². The van der Waals surface area contributed by atoms with Crippen molar-refractivity contribution in [2.24, 2.45) is 7.05 Å². The molecular formula is C24H23N5O. The molecule has 4 aromatic rings. The Kier molecular flexibility index (Phi) is 4.67. The molecule has 5 rings (SSSR count). The van der Waals surface area contributed by atoms with E-state index in [9.17, 15) is 0 Å². The predicted octanol–water partition coefficient (Wildman–Crippen LogP) is 5.05. The number of allylic oxidation sites excluding steroid dienone is 1. The number of ether oxygens (including phenoxy) is 1. The zero-order chi connectivity index (χ0) is 20.5. The maximum absolute atomic E-state index is 5.32. The number of aryl methyl sites for hydroxylation is 1. The third-order valence-electron chi connectivity index (χ3n) is 5.56. The lowest BCUT2D eigenvalue weighted by molar-refractivity contribution is 0.397. The first-order valence-corrected chi connectivity index (χ1v) is 10.1. The van der Waals surface area contributed by atoms with E-state index >= 15 is 0 Å². The van der Waals surface area contributed by atoms with Crippen LogP contribution in [0, 0.1) is 0 Å². The number of fused-ring (bicyclic) bond motifs is 1. The molecule has 1 aliphatic carbocycles. The number of benzene rings is 1. The quantitative estimate of drug-likeness (QED) is 0.511. The minimum atomic E-state index is 0.610. The zero-order valence-corrected chi connectivity index (χ0v) is 17.1. The Bertz CT molecular complexity index is 1250. The lowest BCUT2D eigenvalue weighted by Gasteiger charge is -2.23. The molecule has 0 atom stereocenters. The average Bonchev–Trinajstić information content (AvgIpc) is 3.18. The molecule has 0 aliphatic heterocycles. The Morgan fingerprint density at radius 1 is 1.00 bits per heavy atom. The van der Waals surface area contributed by atoms with Crippen molar-refractivity contribution in [1.82, 2.24) is 19.7 Å². The van der Waals surface area contributed by atoms with E-state index in [2.05, 4.69) is 44.6 Å². The van der Waals surface area contributed by atoms with Crippen LogP contribution in [0.4, 0.5) is 5.82 Å². The first kappa shape index (κ1) is 18.4. The fourth-order valence-corrected chi connectivity index (χ4v) is 3.73. The topological polar surface area (TPSA) is 64.9 Å². The summed E-state index contributed by atoms with van der Waals surface area (Å²) in [6, 6.07) is 12.5. The number of nitrogens with zero attached hydrogens (tertiary/aromatic N) is 4. The molecule has 30 heavy (non-hydrogen) atoms. The molecule has 0 radical (unpaired) electrons. The van der Waals surface area contributed by atoms with Gasteiger partial charge in [0.2, 0.25) is 5.88 Å². The predicted molar refractivity (Wildman–Crippen MR) is 119 cm³/mol. The molecule has 6 heteroatoms. The fourth-order valence-electron chi connectivity index (χ4n) is 3.73. The normalized spacial score (nSPS) is 13.2. The molecule has 0 bridgehead atoms. The summed E-state index contributed by atoms with van der Waals surface area (Å²) in [5.74, 6) is 1.44. The molecule has 6 nitrogen and oxygen atoms in total. The SMILES string of the molecule is COc1cc(C(Nc2cc3cc(-c4cnn(C)c4)ccc3cn2)=C2CCC2)ccn1. The molecule has 0 saturated heterocycles. The van der Waals surface area contributed by atoms with Crippen LogP contribution in [0.15, 0.2) is 66.8 Å². The maximum Gasteiger partial charge on any atom is 0.213 e. The van der Waals surface area contributed by atoms with Gasteiger partial charge in [0.15, 0.2) is 0 Å². The van der Waals surface area contributed by atoms with Crippen LogP contribution in [0.3, 0.4) is 0 Å². The van der Waals surface area contributed by atoms with Crippen molar-refractivity contribution in [3.8, 4) is 17.0 Å². The summed E-state index contributed by atoms with van der Waals surface area (Å²) in [6.07, 6.45) is 11.0. The lowest BCUT2D eigenvalue weighted by atomic mass is 9.88. The summed E-state index contributed by atoms with van der Waals surface area (Å²) in [7, 11) is 3.57. The molecule has 3 aromatic heterocycles. The smallest absolute Gasteiger partial charge is 0.213 e. The summed E-state index contributed by atoms with van der Waals surface area (Å²) < 4.78 is 7.14. The van der Waals surface area contributed by atoms with Crippen molar-refractivity contribution in [2.75, 3.05) is 12.4 Å². The van der Waals surface area contributed by atoms with Gasteiger partial charge in [-0.1, -0.05) is 12.1 Å². The number of rotatable bonds is 5. The monoisotopic (exact) mass is 397 g/mol. The summed E-state index contributed by atoms with van der Waals surface area (Å²) >= 11 is 0. The molecule has 3 heterocycles. The van der Waals surface area contributed by atoms with E-state index in [0.29, 0.717) is 5.88 Å². The summed E-state index contributed by atoms with van der Waals surface area (Å²) in [6.45, 7) is 0. The molecule has 1 fully saturated rings. The number of pyridine rings is 2. The van der Waals surface area contributed by atoms with Crippen LogP contribution < -0.4 is 10.1 Å². The van der Waals surface area contributed by atoms with Gasteiger partial charge in [-0.05, 0) is 54.0 Å². The largest absolute Gasteiger partial charge is 0.481 e. The number of nitrogens with one attached hydrogen (secondary N) is 1. The second-order valence-electron chi connectivity index (χ2n) is 7.58. The second kappa shape index (κ2) is 7.63. The molecule has 0 unspecified atom stereocenters. The van der Waals surface area contributed by atoms with Crippen molar-refractivity contribution in [3.05, 3.63) is 72.3 Å². The number of aromatic nitrogens is 4. The molecule has 1 saturated carbocycles. The molecule has 1 N–H and O–H groups in total. The summed E-state index contributed by atoms with van der Waals surface area (Å²) in [5.41, 5.74) is 5.84. The summed E-state index contributed by atoms with van der Waals surface area (Å²) in [5, 5.41) is 10.1. The van der Waals surface area contributed by atoms with Crippen molar-refractivity contribution >= 4 is 22.3 Å². The van der Waals surface area contributed by atoms with Crippen LogP contribution in [0.25, 0.3) is 27.6 Å².